The second kappa shape index (κ2) is 11.4. The zero-order valence-electron chi connectivity index (χ0n) is 21.8. The van der Waals surface area contributed by atoms with Crippen LogP contribution in [-0.4, -0.2) is 40.3 Å². The summed E-state index contributed by atoms with van der Waals surface area (Å²) in [5.41, 5.74) is 3.42. The van der Waals surface area contributed by atoms with E-state index in [1.165, 1.54) is 29.8 Å². The molecule has 4 rings (SSSR count). The molecule has 0 aliphatic heterocycles. The number of aromatic hydroxyl groups is 1. The van der Waals surface area contributed by atoms with Gasteiger partial charge in [0.2, 0.25) is 0 Å². The van der Waals surface area contributed by atoms with E-state index in [4.69, 9.17) is 0 Å². The van der Waals surface area contributed by atoms with Crippen LogP contribution in [0.5, 0.6) is 5.75 Å². The third-order valence-corrected chi connectivity index (χ3v) is 7.83. The number of hydrogen-bond acceptors (Lipinski definition) is 6. The molecule has 8 nitrogen and oxygen atoms in total. The summed E-state index contributed by atoms with van der Waals surface area (Å²) >= 11 is 0. The van der Waals surface area contributed by atoms with Crippen LogP contribution in [0, 0.1) is 6.92 Å². The Morgan fingerprint density at radius 3 is 2.45 bits per heavy atom. The Morgan fingerprint density at radius 2 is 1.74 bits per heavy atom. The lowest BCUT2D eigenvalue weighted by molar-refractivity contribution is 0.158. The van der Waals surface area contributed by atoms with Gasteiger partial charge in [0.25, 0.3) is 10.0 Å². The van der Waals surface area contributed by atoms with Crippen molar-refractivity contribution in [2.75, 3.05) is 11.3 Å². The molecule has 0 amide bonds. The van der Waals surface area contributed by atoms with Gasteiger partial charge in [-0.3, -0.25) is 4.72 Å². The van der Waals surface area contributed by atoms with E-state index in [0.29, 0.717) is 5.56 Å². The molecule has 0 spiro atoms. The number of phenols is 1. The van der Waals surface area contributed by atoms with Crippen LogP contribution in [0.15, 0.2) is 90.2 Å². The lowest BCUT2D eigenvalue weighted by Crippen LogP contribution is -2.42. The average molecular weight is 535 g/mol. The van der Waals surface area contributed by atoms with Crippen molar-refractivity contribution in [1.29, 1.82) is 0 Å². The second-order valence-electron chi connectivity index (χ2n) is 10.1. The van der Waals surface area contributed by atoms with Crippen molar-refractivity contribution in [2.45, 2.75) is 50.3 Å². The first-order chi connectivity index (χ1) is 18.0. The van der Waals surface area contributed by atoms with E-state index in [-0.39, 0.29) is 28.4 Å². The molecule has 1 aromatic heterocycles. The molecule has 0 bridgehead atoms. The van der Waals surface area contributed by atoms with Crippen LogP contribution >= 0.6 is 0 Å². The van der Waals surface area contributed by atoms with Gasteiger partial charge in [0.1, 0.15) is 5.75 Å². The molecule has 3 aromatic carbocycles. The fourth-order valence-corrected chi connectivity index (χ4v) is 5.08. The van der Waals surface area contributed by atoms with Crippen molar-refractivity contribution in [1.82, 2.24) is 14.9 Å². The van der Waals surface area contributed by atoms with Crippen molar-refractivity contribution in [3.05, 3.63) is 96.4 Å². The zero-order valence-corrected chi connectivity index (χ0v) is 22.6. The first-order valence-electron chi connectivity index (χ1n) is 12.5. The largest absolute Gasteiger partial charge is 0.506 e. The van der Waals surface area contributed by atoms with E-state index in [1.807, 2.05) is 12.5 Å². The lowest BCUT2D eigenvalue weighted by Gasteiger charge is -2.28. The second-order valence-corrected chi connectivity index (χ2v) is 11.8. The smallest absolute Gasteiger partial charge is 0.262 e. The summed E-state index contributed by atoms with van der Waals surface area (Å²) in [7, 11) is -3.88. The molecule has 0 radical (unpaired) electrons. The summed E-state index contributed by atoms with van der Waals surface area (Å²) in [4.78, 5) is 4.61. The van der Waals surface area contributed by atoms with Gasteiger partial charge in [0.05, 0.1) is 28.7 Å². The van der Waals surface area contributed by atoms with E-state index in [0.717, 1.165) is 24.2 Å². The number of aliphatic hydroxyl groups is 1. The normalized spacial score (nSPS) is 12.8. The number of sulfonamides is 1. The number of imidazole rings is 1. The summed E-state index contributed by atoms with van der Waals surface area (Å²) < 4.78 is 29.8. The molecule has 1 unspecified atom stereocenters. The molecule has 0 saturated heterocycles. The Hall–Kier alpha value is -3.66. The van der Waals surface area contributed by atoms with E-state index >= 15 is 0 Å². The zero-order chi connectivity index (χ0) is 27.3. The fourth-order valence-electron chi connectivity index (χ4n) is 3.99. The minimum absolute atomic E-state index is 0.00847. The van der Waals surface area contributed by atoms with Gasteiger partial charge in [-0.2, -0.15) is 0 Å². The van der Waals surface area contributed by atoms with Gasteiger partial charge < -0.3 is 20.1 Å². The van der Waals surface area contributed by atoms with Crippen molar-refractivity contribution in [3.8, 4) is 17.0 Å². The standard InChI is InChI=1S/C29H34N4O4S/c1-21-9-11-22(12-10-21)26-19-33(20-30-26)16-15-29(2,3)31-18-28(35)23-13-14-27(34)25(17-23)32-38(36,37)24-7-5-4-6-8-24/h4-14,17,19-20,28,31-32,34-35H,15-16,18H2,1-3H3. The van der Waals surface area contributed by atoms with Crippen LogP contribution in [-0.2, 0) is 16.6 Å². The van der Waals surface area contributed by atoms with Gasteiger partial charge in [-0.1, -0.05) is 54.1 Å². The van der Waals surface area contributed by atoms with Gasteiger partial charge in [-0.25, -0.2) is 13.4 Å². The SMILES string of the molecule is Cc1ccc(-c2cn(CCC(C)(C)NCC(O)c3ccc(O)c(NS(=O)(=O)c4ccccc4)c3)cn2)cc1. The monoisotopic (exact) mass is 534 g/mol. The average Bonchev–Trinajstić information content (AvgIpc) is 3.37. The number of β-amino-alcohol motifs (C(OH)–C–C–N with tert-alkyl or cyclic N) is 1. The minimum atomic E-state index is -3.88. The highest BCUT2D eigenvalue weighted by atomic mass is 32.2. The van der Waals surface area contributed by atoms with Crippen LogP contribution in [0.3, 0.4) is 0 Å². The molecule has 9 heteroatoms. The maximum absolute atomic E-state index is 12.7. The van der Waals surface area contributed by atoms with E-state index in [9.17, 15) is 18.6 Å². The number of benzene rings is 3. The molecule has 4 aromatic rings. The molecule has 0 fully saturated rings. The lowest BCUT2D eigenvalue weighted by atomic mass is 9.99. The maximum atomic E-state index is 12.7. The molecular weight excluding hydrogens is 500 g/mol. The molecule has 0 saturated carbocycles. The maximum Gasteiger partial charge on any atom is 0.262 e. The molecule has 4 N–H and O–H groups in total. The number of nitrogens with one attached hydrogen (secondary N) is 2. The molecule has 1 heterocycles. The van der Waals surface area contributed by atoms with Gasteiger partial charge >= 0.3 is 0 Å². The molecular formula is C29H34N4O4S. The summed E-state index contributed by atoms with van der Waals surface area (Å²) in [5.74, 6) is -0.223. The van der Waals surface area contributed by atoms with Crippen molar-refractivity contribution >= 4 is 15.7 Å². The number of anilines is 1. The molecule has 200 valence electrons. The number of rotatable bonds is 11. The highest BCUT2D eigenvalue weighted by molar-refractivity contribution is 7.92. The van der Waals surface area contributed by atoms with Crippen molar-refractivity contribution in [2.24, 2.45) is 0 Å². The number of phenolic OH excluding ortho intramolecular Hbond substituents is 1. The van der Waals surface area contributed by atoms with Gasteiger partial charge in [-0.15, -0.1) is 0 Å². The van der Waals surface area contributed by atoms with Gasteiger partial charge in [0, 0.05) is 30.4 Å². The number of aliphatic hydroxyl groups excluding tert-OH is 1. The Morgan fingerprint density at radius 1 is 1.03 bits per heavy atom. The number of nitrogens with zero attached hydrogens (tertiary/aromatic N) is 2. The van der Waals surface area contributed by atoms with Crippen LogP contribution in [0.1, 0.15) is 37.5 Å². The molecule has 0 aliphatic rings. The van der Waals surface area contributed by atoms with Crippen LogP contribution in [0.25, 0.3) is 11.3 Å². The number of aromatic nitrogens is 2. The number of hydrogen-bond donors (Lipinski definition) is 4. The summed E-state index contributed by atoms with van der Waals surface area (Å²) in [6.07, 6.45) is 3.75. The molecule has 0 aliphatic carbocycles. The third-order valence-electron chi connectivity index (χ3n) is 6.45. The van der Waals surface area contributed by atoms with E-state index < -0.39 is 16.1 Å². The van der Waals surface area contributed by atoms with E-state index in [2.05, 4.69) is 64.6 Å². The van der Waals surface area contributed by atoms with Crippen molar-refractivity contribution in [3.63, 3.8) is 0 Å². The number of aryl methyl sites for hydroxylation is 2. The molecule has 1 atom stereocenters. The first kappa shape index (κ1) is 27.4. The minimum Gasteiger partial charge on any atom is -0.506 e. The van der Waals surface area contributed by atoms with Gasteiger partial charge in [0.15, 0.2) is 0 Å². The van der Waals surface area contributed by atoms with Crippen LogP contribution in [0.4, 0.5) is 5.69 Å². The fraction of sp³-hybridized carbons (Fsp3) is 0.276. The van der Waals surface area contributed by atoms with Crippen LogP contribution in [0.2, 0.25) is 0 Å². The van der Waals surface area contributed by atoms with Gasteiger partial charge in [-0.05, 0) is 57.0 Å². The topological polar surface area (TPSA) is 116 Å². The summed E-state index contributed by atoms with van der Waals surface area (Å²) in [5, 5.41) is 24.4. The van der Waals surface area contributed by atoms with Crippen LogP contribution < -0.4 is 10.0 Å². The summed E-state index contributed by atoms with van der Waals surface area (Å²) in [6, 6.07) is 20.6. The predicted molar refractivity (Wildman–Crippen MR) is 149 cm³/mol. The summed E-state index contributed by atoms with van der Waals surface area (Å²) in [6.45, 7) is 7.19. The Balaban J connectivity index is 1.34. The Bertz CT molecular complexity index is 1470. The highest BCUT2D eigenvalue weighted by Crippen LogP contribution is 2.29. The molecule has 38 heavy (non-hydrogen) atoms. The Labute approximate surface area is 224 Å². The van der Waals surface area contributed by atoms with Crippen molar-refractivity contribution < 1.29 is 18.6 Å². The first-order valence-corrected chi connectivity index (χ1v) is 13.9. The highest BCUT2D eigenvalue weighted by Gasteiger charge is 2.21. The quantitative estimate of drug-likeness (QED) is 0.204. The van der Waals surface area contributed by atoms with E-state index in [1.54, 1.807) is 24.3 Å². The third kappa shape index (κ3) is 7.00. The predicted octanol–water partition coefficient (Wildman–Crippen LogP) is 4.86. The Kier molecular flexibility index (Phi) is 8.20.